The number of nitrogens with zero attached hydrogens (tertiary/aromatic N) is 3. The summed E-state index contributed by atoms with van der Waals surface area (Å²) >= 11 is 0. The van der Waals surface area contributed by atoms with Gasteiger partial charge in [-0.3, -0.25) is 14.8 Å². The number of aliphatic hydroxyl groups excluding tert-OH is 1. The molecule has 0 saturated carbocycles. The average Bonchev–Trinajstić information content (AvgIpc) is 2.66. The Kier molecular flexibility index (Phi) is 7.18. The summed E-state index contributed by atoms with van der Waals surface area (Å²) in [5.41, 5.74) is 4.06. The van der Waals surface area contributed by atoms with Gasteiger partial charge in [-0.1, -0.05) is 30.3 Å². The van der Waals surface area contributed by atoms with Crippen LogP contribution in [0.2, 0.25) is 0 Å². The SMILES string of the molecule is Cc1ccccc1CN1CCC(CN(CCO)Cc2cccnc2)CC1. The van der Waals surface area contributed by atoms with Crippen LogP contribution in [-0.2, 0) is 13.1 Å². The van der Waals surface area contributed by atoms with Crippen LogP contribution >= 0.6 is 0 Å². The fourth-order valence-corrected chi connectivity index (χ4v) is 3.85. The lowest BCUT2D eigenvalue weighted by atomic mass is 9.95. The second kappa shape index (κ2) is 9.81. The van der Waals surface area contributed by atoms with Crippen LogP contribution in [0.1, 0.15) is 29.5 Å². The molecule has 0 amide bonds. The summed E-state index contributed by atoms with van der Waals surface area (Å²) in [4.78, 5) is 9.16. The Morgan fingerprint density at radius 3 is 2.65 bits per heavy atom. The predicted octanol–water partition coefficient (Wildman–Crippen LogP) is 3.10. The minimum atomic E-state index is 0.215. The van der Waals surface area contributed by atoms with E-state index in [0.29, 0.717) is 5.92 Å². The van der Waals surface area contributed by atoms with Crippen LogP contribution < -0.4 is 0 Å². The monoisotopic (exact) mass is 353 g/mol. The number of aliphatic hydroxyl groups is 1. The molecule has 2 heterocycles. The van der Waals surface area contributed by atoms with E-state index in [1.54, 1.807) is 0 Å². The van der Waals surface area contributed by atoms with Crippen LogP contribution in [-0.4, -0.2) is 52.7 Å². The number of benzene rings is 1. The van der Waals surface area contributed by atoms with E-state index in [-0.39, 0.29) is 6.61 Å². The van der Waals surface area contributed by atoms with Crippen molar-refractivity contribution in [2.45, 2.75) is 32.9 Å². The molecule has 140 valence electrons. The zero-order chi connectivity index (χ0) is 18.2. The minimum absolute atomic E-state index is 0.215. The summed E-state index contributed by atoms with van der Waals surface area (Å²) < 4.78 is 0. The maximum atomic E-state index is 9.41. The Morgan fingerprint density at radius 1 is 1.15 bits per heavy atom. The van der Waals surface area contributed by atoms with E-state index in [9.17, 15) is 5.11 Å². The predicted molar refractivity (Wildman–Crippen MR) is 106 cm³/mol. The van der Waals surface area contributed by atoms with E-state index in [4.69, 9.17) is 0 Å². The zero-order valence-corrected chi connectivity index (χ0v) is 15.8. The lowest BCUT2D eigenvalue weighted by molar-refractivity contribution is 0.121. The molecule has 0 bridgehead atoms. The normalized spacial score (nSPS) is 16.3. The Morgan fingerprint density at radius 2 is 1.96 bits per heavy atom. The number of pyridine rings is 1. The highest BCUT2D eigenvalue weighted by molar-refractivity contribution is 5.25. The summed E-state index contributed by atoms with van der Waals surface area (Å²) in [6.07, 6.45) is 6.21. The number of rotatable bonds is 8. The molecule has 1 aromatic carbocycles. The highest BCUT2D eigenvalue weighted by Gasteiger charge is 2.21. The van der Waals surface area contributed by atoms with Crippen molar-refractivity contribution in [2.24, 2.45) is 5.92 Å². The molecule has 1 aromatic heterocycles. The number of piperidine rings is 1. The van der Waals surface area contributed by atoms with E-state index in [1.165, 1.54) is 42.6 Å². The van der Waals surface area contributed by atoms with Gasteiger partial charge in [0.25, 0.3) is 0 Å². The van der Waals surface area contributed by atoms with E-state index in [2.05, 4.69) is 52.0 Å². The molecular weight excluding hydrogens is 322 g/mol. The lowest BCUT2D eigenvalue weighted by Gasteiger charge is -2.35. The van der Waals surface area contributed by atoms with Gasteiger partial charge in [-0.05, 0) is 61.5 Å². The maximum Gasteiger partial charge on any atom is 0.0558 e. The third kappa shape index (κ3) is 5.63. The number of likely N-dealkylation sites (tertiary alicyclic amines) is 1. The minimum Gasteiger partial charge on any atom is -0.395 e. The average molecular weight is 354 g/mol. The van der Waals surface area contributed by atoms with Crippen molar-refractivity contribution < 1.29 is 5.11 Å². The number of hydrogen-bond donors (Lipinski definition) is 1. The molecule has 0 unspecified atom stereocenters. The van der Waals surface area contributed by atoms with Crippen LogP contribution in [0.25, 0.3) is 0 Å². The van der Waals surface area contributed by atoms with Crippen LogP contribution in [0, 0.1) is 12.8 Å². The van der Waals surface area contributed by atoms with E-state index < -0.39 is 0 Å². The maximum absolute atomic E-state index is 9.41. The van der Waals surface area contributed by atoms with E-state index in [0.717, 1.165) is 26.2 Å². The molecule has 4 heteroatoms. The second-order valence-electron chi connectivity index (χ2n) is 7.47. The van der Waals surface area contributed by atoms with Crippen molar-refractivity contribution in [1.82, 2.24) is 14.8 Å². The summed E-state index contributed by atoms with van der Waals surface area (Å²) in [6.45, 7) is 8.48. The van der Waals surface area contributed by atoms with Crippen molar-refractivity contribution in [3.05, 3.63) is 65.5 Å². The number of aromatic nitrogens is 1. The van der Waals surface area contributed by atoms with E-state index in [1.807, 2.05) is 18.5 Å². The summed E-state index contributed by atoms with van der Waals surface area (Å²) in [5, 5.41) is 9.41. The molecular formula is C22H31N3O. The van der Waals surface area contributed by atoms with Gasteiger partial charge in [0.1, 0.15) is 0 Å². The van der Waals surface area contributed by atoms with Gasteiger partial charge in [-0.2, -0.15) is 0 Å². The number of aryl methyl sites for hydroxylation is 1. The summed E-state index contributed by atoms with van der Waals surface area (Å²) in [5.74, 6) is 0.714. The Bertz CT molecular complexity index is 653. The van der Waals surface area contributed by atoms with Gasteiger partial charge < -0.3 is 5.11 Å². The van der Waals surface area contributed by atoms with Crippen molar-refractivity contribution in [2.75, 3.05) is 32.8 Å². The fourth-order valence-electron chi connectivity index (χ4n) is 3.85. The van der Waals surface area contributed by atoms with Crippen LogP contribution in [0.15, 0.2) is 48.8 Å². The smallest absolute Gasteiger partial charge is 0.0558 e. The van der Waals surface area contributed by atoms with Gasteiger partial charge >= 0.3 is 0 Å². The third-order valence-electron chi connectivity index (χ3n) is 5.42. The molecule has 2 aromatic rings. The Labute approximate surface area is 157 Å². The molecule has 26 heavy (non-hydrogen) atoms. The molecule has 3 rings (SSSR count). The van der Waals surface area contributed by atoms with Crippen LogP contribution in [0.4, 0.5) is 0 Å². The molecule has 0 atom stereocenters. The molecule has 0 spiro atoms. The summed E-state index contributed by atoms with van der Waals surface area (Å²) in [7, 11) is 0. The standard InChI is InChI=1S/C22H31N3O/c1-19-5-2-3-7-22(19)18-24-11-8-20(9-12-24)16-25(13-14-26)17-21-6-4-10-23-15-21/h2-7,10,15,20,26H,8-9,11-14,16-18H2,1H3. The molecule has 1 N–H and O–H groups in total. The first-order valence-electron chi connectivity index (χ1n) is 9.73. The van der Waals surface area contributed by atoms with Crippen LogP contribution in [0.5, 0.6) is 0 Å². The molecule has 0 aliphatic carbocycles. The van der Waals surface area contributed by atoms with Gasteiger partial charge in [0.05, 0.1) is 6.61 Å². The van der Waals surface area contributed by atoms with Crippen molar-refractivity contribution >= 4 is 0 Å². The van der Waals surface area contributed by atoms with Gasteiger partial charge in [-0.25, -0.2) is 0 Å². The highest BCUT2D eigenvalue weighted by Crippen LogP contribution is 2.21. The van der Waals surface area contributed by atoms with Crippen LogP contribution in [0.3, 0.4) is 0 Å². The summed E-state index contributed by atoms with van der Waals surface area (Å²) in [6, 6.07) is 12.8. The molecule has 1 aliphatic heterocycles. The third-order valence-corrected chi connectivity index (χ3v) is 5.42. The van der Waals surface area contributed by atoms with E-state index >= 15 is 0 Å². The van der Waals surface area contributed by atoms with Gasteiger partial charge in [0.15, 0.2) is 0 Å². The first kappa shape index (κ1) is 19.0. The molecule has 1 aliphatic rings. The molecule has 4 nitrogen and oxygen atoms in total. The lowest BCUT2D eigenvalue weighted by Crippen LogP contribution is -2.39. The second-order valence-corrected chi connectivity index (χ2v) is 7.47. The first-order valence-corrected chi connectivity index (χ1v) is 9.73. The highest BCUT2D eigenvalue weighted by atomic mass is 16.3. The zero-order valence-electron chi connectivity index (χ0n) is 15.8. The quantitative estimate of drug-likeness (QED) is 0.792. The molecule has 0 radical (unpaired) electrons. The van der Waals surface area contributed by atoms with Crippen molar-refractivity contribution in [1.29, 1.82) is 0 Å². The Hall–Kier alpha value is -1.75. The topological polar surface area (TPSA) is 39.6 Å². The van der Waals surface area contributed by atoms with Gasteiger partial charge in [-0.15, -0.1) is 0 Å². The van der Waals surface area contributed by atoms with Crippen molar-refractivity contribution in [3.63, 3.8) is 0 Å². The first-order chi connectivity index (χ1) is 12.7. The van der Waals surface area contributed by atoms with Gasteiger partial charge in [0.2, 0.25) is 0 Å². The molecule has 1 fully saturated rings. The molecule has 1 saturated heterocycles. The fraction of sp³-hybridized carbons (Fsp3) is 0.500. The largest absolute Gasteiger partial charge is 0.395 e. The van der Waals surface area contributed by atoms with Gasteiger partial charge in [0, 0.05) is 38.6 Å². The Balaban J connectivity index is 1.48. The van der Waals surface area contributed by atoms with Crippen molar-refractivity contribution in [3.8, 4) is 0 Å². The number of hydrogen-bond acceptors (Lipinski definition) is 4.